The minimum atomic E-state index is -0.730. The second kappa shape index (κ2) is 9.64. The number of hydrogen-bond donors (Lipinski definition) is 2. The summed E-state index contributed by atoms with van der Waals surface area (Å²) in [7, 11) is 0. The molecule has 0 spiro atoms. The predicted molar refractivity (Wildman–Crippen MR) is 107 cm³/mol. The van der Waals surface area contributed by atoms with E-state index in [0.717, 1.165) is 24.2 Å². The number of benzene rings is 1. The van der Waals surface area contributed by atoms with Crippen LogP contribution in [-0.2, 0) is 14.3 Å². The van der Waals surface area contributed by atoms with Crippen LogP contribution < -0.4 is 10.6 Å². The van der Waals surface area contributed by atoms with Crippen LogP contribution >= 0.6 is 11.6 Å². The van der Waals surface area contributed by atoms with Gasteiger partial charge in [0, 0.05) is 42.7 Å². The lowest BCUT2D eigenvalue weighted by Crippen LogP contribution is -2.45. The van der Waals surface area contributed by atoms with E-state index in [-0.39, 0.29) is 6.04 Å². The van der Waals surface area contributed by atoms with E-state index >= 15 is 0 Å². The first-order valence-electron chi connectivity index (χ1n) is 9.11. The van der Waals surface area contributed by atoms with Crippen LogP contribution in [-0.4, -0.2) is 54.5 Å². The summed E-state index contributed by atoms with van der Waals surface area (Å²) in [5.41, 5.74) is 2.36. The van der Waals surface area contributed by atoms with E-state index in [1.807, 2.05) is 19.1 Å². The van der Waals surface area contributed by atoms with Gasteiger partial charge in [0.15, 0.2) is 0 Å². The minimum Gasteiger partial charge on any atom is -0.379 e. The highest BCUT2D eigenvalue weighted by Crippen LogP contribution is 2.21. The first kappa shape index (κ1) is 20.3. The number of aryl methyl sites for hydroxylation is 1. The molecule has 1 atom stereocenters. The number of carbonyl (C=O) groups is 2. The van der Waals surface area contributed by atoms with Gasteiger partial charge >= 0.3 is 11.8 Å². The first-order chi connectivity index (χ1) is 13.5. The number of morpholine rings is 1. The molecule has 2 amide bonds. The highest BCUT2D eigenvalue weighted by molar-refractivity contribution is 6.39. The van der Waals surface area contributed by atoms with Gasteiger partial charge in [0.25, 0.3) is 0 Å². The van der Waals surface area contributed by atoms with Crippen molar-refractivity contribution in [2.45, 2.75) is 13.0 Å². The molecular weight excluding hydrogens is 380 g/mol. The number of amides is 2. The van der Waals surface area contributed by atoms with E-state index in [0.29, 0.717) is 30.5 Å². The topological polar surface area (TPSA) is 83.6 Å². The van der Waals surface area contributed by atoms with Crippen LogP contribution in [0.5, 0.6) is 0 Å². The normalized spacial score (nSPS) is 15.6. The van der Waals surface area contributed by atoms with Gasteiger partial charge in [-0.25, -0.2) is 0 Å². The zero-order chi connectivity index (χ0) is 19.9. The van der Waals surface area contributed by atoms with E-state index in [4.69, 9.17) is 16.3 Å². The van der Waals surface area contributed by atoms with Crippen molar-refractivity contribution in [3.05, 3.63) is 58.9 Å². The maximum atomic E-state index is 12.3. The van der Waals surface area contributed by atoms with Gasteiger partial charge in [0.1, 0.15) is 0 Å². The molecule has 1 aliphatic heterocycles. The molecular formula is C20H23ClN4O3. The van der Waals surface area contributed by atoms with Crippen LogP contribution in [0.4, 0.5) is 5.69 Å². The van der Waals surface area contributed by atoms with Gasteiger partial charge in [-0.2, -0.15) is 0 Å². The van der Waals surface area contributed by atoms with Crippen molar-refractivity contribution in [1.82, 2.24) is 15.2 Å². The Bertz CT molecular complexity index is 825. The number of pyridine rings is 1. The monoisotopic (exact) mass is 402 g/mol. The molecule has 7 nitrogen and oxygen atoms in total. The van der Waals surface area contributed by atoms with Crippen LogP contribution in [0.15, 0.2) is 42.7 Å². The highest BCUT2D eigenvalue weighted by Gasteiger charge is 2.24. The zero-order valence-corrected chi connectivity index (χ0v) is 16.4. The number of anilines is 1. The average molecular weight is 403 g/mol. The third kappa shape index (κ3) is 5.28. The molecule has 148 valence electrons. The first-order valence-corrected chi connectivity index (χ1v) is 9.49. The molecule has 1 aliphatic rings. The molecule has 2 heterocycles. The van der Waals surface area contributed by atoms with Gasteiger partial charge in [0.2, 0.25) is 0 Å². The quantitative estimate of drug-likeness (QED) is 0.749. The number of nitrogens with zero attached hydrogens (tertiary/aromatic N) is 2. The molecule has 1 fully saturated rings. The molecule has 0 saturated carbocycles. The molecule has 0 aliphatic carbocycles. The number of hydrogen-bond acceptors (Lipinski definition) is 5. The van der Waals surface area contributed by atoms with Crippen LogP contribution in [0.3, 0.4) is 0 Å². The van der Waals surface area contributed by atoms with E-state index in [1.165, 1.54) is 0 Å². The van der Waals surface area contributed by atoms with Crippen LogP contribution in [0.2, 0.25) is 5.02 Å². The number of carbonyl (C=O) groups excluding carboxylic acids is 2. The minimum absolute atomic E-state index is 0.0804. The second-order valence-electron chi connectivity index (χ2n) is 6.58. The standard InChI is InChI=1S/C20H23ClN4O3/c1-14-4-5-16(11-17(14)21)24-20(27)19(26)23-13-18(15-3-2-6-22-12-15)25-7-9-28-10-8-25/h2-6,11-12,18H,7-10,13H2,1H3,(H,23,26)(H,24,27)/t18-/m1/s1. The van der Waals surface area contributed by atoms with E-state index < -0.39 is 11.8 Å². The third-order valence-corrected chi connectivity index (χ3v) is 5.05. The maximum Gasteiger partial charge on any atom is 0.313 e. The SMILES string of the molecule is Cc1ccc(NC(=O)C(=O)NC[C@H](c2cccnc2)N2CCOCC2)cc1Cl. The Morgan fingerprint density at radius 3 is 2.71 bits per heavy atom. The smallest absolute Gasteiger partial charge is 0.313 e. The molecule has 1 saturated heterocycles. The summed E-state index contributed by atoms with van der Waals surface area (Å²) in [4.78, 5) is 30.9. The number of halogens is 1. The van der Waals surface area contributed by atoms with Crippen LogP contribution in [0.1, 0.15) is 17.2 Å². The van der Waals surface area contributed by atoms with Crippen LogP contribution in [0, 0.1) is 6.92 Å². The lowest BCUT2D eigenvalue weighted by atomic mass is 10.1. The summed E-state index contributed by atoms with van der Waals surface area (Å²) in [6, 6.07) is 8.86. The Hall–Kier alpha value is -2.48. The second-order valence-corrected chi connectivity index (χ2v) is 6.99. The third-order valence-electron chi connectivity index (χ3n) is 4.65. The average Bonchev–Trinajstić information content (AvgIpc) is 2.72. The summed E-state index contributed by atoms with van der Waals surface area (Å²) in [5, 5.41) is 5.83. The van der Waals surface area contributed by atoms with E-state index in [1.54, 1.807) is 30.6 Å². The van der Waals surface area contributed by atoms with Gasteiger partial charge in [0.05, 0.1) is 19.3 Å². The molecule has 3 rings (SSSR count). The summed E-state index contributed by atoms with van der Waals surface area (Å²) in [6.07, 6.45) is 3.49. The van der Waals surface area contributed by atoms with Crippen molar-refractivity contribution in [3.63, 3.8) is 0 Å². The number of aromatic nitrogens is 1. The Morgan fingerprint density at radius 1 is 1.25 bits per heavy atom. The summed E-state index contributed by atoms with van der Waals surface area (Å²) in [5.74, 6) is -1.43. The summed E-state index contributed by atoms with van der Waals surface area (Å²) in [6.45, 7) is 4.95. The van der Waals surface area contributed by atoms with Gasteiger partial charge in [-0.15, -0.1) is 0 Å². The predicted octanol–water partition coefficient (Wildman–Crippen LogP) is 2.17. The van der Waals surface area contributed by atoms with Crippen LogP contribution in [0.25, 0.3) is 0 Å². The van der Waals surface area contributed by atoms with E-state index in [2.05, 4.69) is 20.5 Å². The fraction of sp³-hybridized carbons (Fsp3) is 0.350. The number of nitrogens with one attached hydrogen (secondary N) is 2. The highest BCUT2D eigenvalue weighted by atomic mass is 35.5. The van der Waals surface area contributed by atoms with Gasteiger partial charge in [-0.05, 0) is 36.2 Å². The van der Waals surface area contributed by atoms with Crippen molar-refractivity contribution < 1.29 is 14.3 Å². The lowest BCUT2D eigenvalue weighted by molar-refractivity contribution is -0.136. The maximum absolute atomic E-state index is 12.3. The molecule has 2 N–H and O–H groups in total. The molecule has 1 aromatic carbocycles. The van der Waals surface area contributed by atoms with Gasteiger partial charge < -0.3 is 15.4 Å². The largest absolute Gasteiger partial charge is 0.379 e. The van der Waals surface area contributed by atoms with Crippen molar-refractivity contribution in [1.29, 1.82) is 0 Å². The Morgan fingerprint density at radius 2 is 2.04 bits per heavy atom. The van der Waals surface area contributed by atoms with E-state index in [9.17, 15) is 9.59 Å². The molecule has 1 aromatic heterocycles. The number of ether oxygens (including phenoxy) is 1. The number of rotatable bonds is 5. The summed E-state index contributed by atoms with van der Waals surface area (Å²) >= 11 is 6.06. The molecule has 28 heavy (non-hydrogen) atoms. The van der Waals surface area contributed by atoms with Crippen molar-refractivity contribution >= 4 is 29.1 Å². The molecule has 2 aromatic rings. The fourth-order valence-corrected chi connectivity index (χ4v) is 3.23. The Balaban J connectivity index is 1.62. The summed E-state index contributed by atoms with van der Waals surface area (Å²) < 4.78 is 5.41. The Kier molecular flexibility index (Phi) is 6.97. The van der Waals surface area contributed by atoms with Crippen molar-refractivity contribution in [3.8, 4) is 0 Å². The van der Waals surface area contributed by atoms with Crippen molar-refractivity contribution in [2.24, 2.45) is 0 Å². The van der Waals surface area contributed by atoms with Crippen molar-refractivity contribution in [2.75, 3.05) is 38.2 Å². The molecule has 0 radical (unpaired) electrons. The fourth-order valence-electron chi connectivity index (χ4n) is 3.05. The van der Waals surface area contributed by atoms with Gasteiger partial charge in [-0.1, -0.05) is 23.7 Å². The van der Waals surface area contributed by atoms with Gasteiger partial charge in [-0.3, -0.25) is 19.5 Å². The molecule has 0 bridgehead atoms. The lowest BCUT2D eigenvalue weighted by Gasteiger charge is -2.34. The zero-order valence-electron chi connectivity index (χ0n) is 15.7. The molecule has 0 unspecified atom stereocenters. The molecule has 8 heteroatoms. The Labute approximate surface area is 169 Å².